The number of hydrogen-bond acceptors (Lipinski definition) is 5. The highest BCUT2D eigenvalue weighted by molar-refractivity contribution is 7.91. The Morgan fingerprint density at radius 1 is 0.971 bits per heavy atom. The topological polar surface area (TPSA) is 117 Å². The molecule has 9 nitrogen and oxygen atoms in total. The van der Waals surface area contributed by atoms with Gasteiger partial charge in [-0.1, -0.05) is 42.5 Å². The first-order valence-electron chi connectivity index (χ1n) is 10.5. The lowest BCUT2D eigenvalue weighted by Gasteiger charge is -2.25. The number of benzene rings is 3. The molecular weight excluding hydrogens is 475 g/mol. The van der Waals surface area contributed by atoms with Crippen LogP contribution in [0.2, 0.25) is 0 Å². The molecule has 3 aromatic rings. The predicted molar refractivity (Wildman–Crippen MR) is 131 cm³/mol. The monoisotopic (exact) mass is 500 g/mol. The minimum atomic E-state index is -4.47. The smallest absolute Gasteiger partial charge is 0.330 e. The molecule has 0 aliphatic carbocycles. The van der Waals surface area contributed by atoms with Gasteiger partial charge in [0, 0.05) is 19.2 Å². The third-order valence-corrected chi connectivity index (χ3v) is 5.96. The van der Waals surface area contributed by atoms with E-state index in [-0.39, 0.29) is 12.1 Å². The van der Waals surface area contributed by atoms with Crippen LogP contribution in [0.4, 0.5) is 20.6 Å². The van der Waals surface area contributed by atoms with Gasteiger partial charge in [0.05, 0.1) is 12.8 Å². The molecule has 3 amide bonds. The summed E-state index contributed by atoms with van der Waals surface area (Å²) in [4.78, 5) is 27.2. The molecule has 0 bridgehead atoms. The number of hydrogen-bond donors (Lipinski definition) is 3. The zero-order valence-corrected chi connectivity index (χ0v) is 19.9. The summed E-state index contributed by atoms with van der Waals surface area (Å²) >= 11 is 0. The van der Waals surface area contributed by atoms with E-state index in [1.807, 2.05) is 10.8 Å². The number of para-hydroxylation sites is 1. The lowest BCUT2D eigenvalue weighted by molar-refractivity contribution is -0.120. The first-order valence-corrected chi connectivity index (χ1v) is 12.0. The third-order valence-electron chi connectivity index (χ3n) is 5.02. The molecule has 0 radical (unpaired) electrons. The molecular formula is C24H25FN4O5S. The number of anilines is 2. The highest BCUT2D eigenvalue weighted by Gasteiger charge is 2.27. The largest absolute Gasteiger partial charge is 0.497 e. The lowest BCUT2D eigenvalue weighted by Crippen LogP contribution is -2.53. The van der Waals surface area contributed by atoms with Crippen LogP contribution in [0, 0.1) is 5.82 Å². The van der Waals surface area contributed by atoms with Crippen molar-refractivity contribution in [2.24, 2.45) is 0 Å². The first-order chi connectivity index (χ1) is 16.7. The summed E-state index contributed by atoms with van der Waals surface area (Å²) in [6.07, 6.45) is 0.106. The average Bonchev–Trinajstić information content (AvgIpc) is 2.84. The molecule has 3 N–H and O–H groups in total. The van der Waals surface area contributed by atoms with Gasteiger partial charge in [0.15, 0.2) is 0 Å². The summed E-state index contributed by atoms with van der Waals surface area (Å²) < 4.78 is 47.3. The fraction of sp³-hybridized carbons (Fsp3) is 0.167. The van der Waals surface area contributed by atoms with Gasteiger partial charge in [0.25, 0.3) is 0 Å². The molecule has 0 spiro atoms. The molecule has 3 aromatic carbocycles. The van der Waals surface area contributed by atoms with E-state index in [0.29, 0.717) is 11.4 Å². The molecule has 0 saturated heterocycles. The maximum atomic E-state index is 13.8. The van der Waals surface area contributed by atoms with Crippen molar-refractivity contribution in [1.82, 2.24) is 10.0 Å². The van der Waals surface area contributed by atoms with Crippen LogP contribution in [0.1, 0.15) is 5.56 Å². The molecule has 3 rings (SSSR count). The van der Waals surface area contributed by atoms with Gasteiger partial charge in [-0.2, -0.15) is 8.42 Å². The number of methoxy groups -OCH3 is 1. The van der Waals surface area contributed by atoms with Crippen LogP contribution in [0.3, 0.4) is 0 Å². The number of carbonyl (C=O) groups excluding carboxylic acids is 2. The molecule has 1 atom stereocenters. The Morgan fingerprint density at radius 3 is 2.23 bits per heavy atom. The van der Waals surface area contributed by atoms with Crippen LogP contribution in [-0.4, -0.2) is 40.6 Å². The second-order valence-electron chi connectivity index (χ2n) is 7.50. The predicted octanol–water partition coefficient (Wildman–Crippen LogP) is 3.06. The maximum absolute atomic E-state index is 13.8. The number of nitrogens with one attached hydrogen (secondary N) is 3. The van der Waals surface area contributed by atoms with Gasteiger partial charge in [-0.3, -0.25) is 9.52 Å². The van der Waals surface area contributed by atoms with Crippen molar-refractivity contribution in [2.45, 2.75) is 12.5 Å². The zero-order valence-electron chi connectivity index (χ0n) is 19.1. The number of amides is 3. The lowest BCUT2D eigenvalue weighted by atomic mass is 10.0. The highest BCUT2D eigenvalue weighted by Crippen LogP contribution is 2.19. The van der Waals surface area contributed by atoms with Gasteiger partial charge in [-0.05, 0) is 42.0 Å². The fourth-order valence-electron chi connectivity index (χ4n) is 3.24. The highest BCUT2D eigenvalue weighted by atomic mass is 32.2. The third kappa shape index (κ3) is 7.18. The Kier molecular flexibility index (Phi) is 8.26. The Labute approximate surface area is 203 Å². The number of nitrogens with zero attached hydrogens (tertiary/aromatic N) is 1. The van der Waals surface area contributed by atoms with Crippen molar-refractivity contribution >= 4 is 33.5 Å². The molecule has 0 aromatic heterocycles. The van der Waals surface area contributed by atoms with E-state index >= 15 is 0 Å². The molecule has 11 heteroatoms. The molecule has 0 heterocycles. The standard InChI is InChI=1S/C24H25FN4O5S/c1-29(18-12-14-19(34-2)15-13-18)23(30)22(16-17-8-4-3-5-9-17)26-24(31)28-35(32,33)27-21-11-7-6-10-20(21)25/h3-15,22,27H,16H2,1-2H3,(H2,26,28,31)/t22-/m0/s1. The van der Waals surface area contributed by atoms with Gasteiger partial charge < -0.3 is 15.0 Å². The minimum Gasteiger partial charge on any atom is -0.497 e. The Morgan fingerprint density at radius 2 is 1.60 bits per heavy atom. The fourth-order valence-corrected chi connectivity index (χ4v) is 4.05. The van der Waals surface area contributed by atoms with Gasteiger partial charge in [-0.25, -0.2) is 13.9 Å². The molecule has 0 aliphatic heterocycles. The van der Waals surface area contributed by atoms with Gasteiger partial charge in [0.1, 0.15) is 17.6 Å². The molecule has 0 fully saturated rings. The summed E-state index contributed by atoms with van der Waals surface area (Å²) in [5.41, 5.74) is 0.968. The summed E-state index contributed by atoms with van der Waals surface area (Å²) in [5, 5.41) is 2.42. The van der Waals surface area contributed by atoms with Crippen LogP contribution in [-0.2, 0) is 21.4 Å². The Bertz CT molecular complexity index is 1270. The summed E-state index contributed by atoms with van der Waals surface area (Å²) in [5.74, 6) is -0.675. The zero-order chi connectivity index (χ0) is 25.4. The van der Waals surface area contributed by atoms with Crippen molar-refractivity contribution < 1.29 is 27.1 Å². The number of rotatable bonds is 9. The van der Waals surface area contributed by atoms with Crippen LogP contribution < -0.4 is 24.4 Å². The molecule has 184 valence electrons. The molecule has 0 aliphatic rings. The van der Waals surface area contributed by atoms with Crippen molar-refractivity contribution in [2.75, 3.05) is 23.8 Å². The van der Waals surface area contributed by atoms with E-state index in [9.17, 15) is 22.4 Å². The minimum absolute atomic E-state index is 0.106. The number of urea groups is 1. The van der Waals surface area contributed by atoms with Crippen LogP contribution in [0.5, 0.6) is 5.75 Å². The molecule has 35 heavy (non-hydrogen) atoms. The Hall–Kier alpha value is -4.12. The number of ether oxygens (including phenoxy) is 1. The van der Waals surface area contributed by atoms with Crippen LogP contribution >= 0.6 is 0 Å². The van der Waals surface area contributed by atoms with Gasteiger partial charge in [-0.15, -0.1) is 0 Å². The summed E-state index contributed by atoms with van der Waals surface area (Å²) in [7, 11) is -1.41. The van der Waals surface area contributed by atoms with E-state index in [1.54, 1.807) is 53.3 Å². The number of likely N-dealkylation sites (N-methyl/N-ethyl adjacent to an activating group) is 1. The maximum Gasteiger partial charge on any atom is 0.330 e. The summed E-state index contributed by atoms with van der Waals surface area (Å²) in [6.45, 7) is 0. The van der Waals surface area contributed by atoms with Crippen molar-refractivity contribution in [1.29, 1.82) is 0 Å². The van der Waals surface area contributed by atoms with E-state index in [1.165, 1.54) is 37.3 Å². The normalized spacial score (nSPS) is 11.7. The first kappa shape index (κ1) is 25.5. The van der Waals surface area contributed by atoms with Gasteiger partial charge in [0.2, 0.25) is 5.91 Å². The van der Waals surface area contributed by atoms with Crippen molar-refractivity contribution in [3.63, 3.8) is 0 Å². The van der Waals surface area contributed by atoms with Crippen LogP contribution in [0.15, 0.2) is 78.9 Å². The molecule has 0 saturated carbocycles. The number of carbonyl (C=O) groups is 2. The molecule has 0 unspecified atom stereocenters. The average molecular weight is 501 g/mol. The second kappa shape index (κ2) is 11.3. The van der Waals surface area contributed by atoms with Crippen LogP contribution in [0.25, 0.3) is 0 Å². The quantitative estimate of drug-likeness (QED) is 0.418. The van der Waals surface area contributed by atoms with E-state index in [4.69, 9.17) is 4.74 Å². The second-order valence-corrected chi connectivity index (χ2v) is 8.91. The Balaban J connectivity index is 1.76. The summed E-state index contributed by atoms with van der Waals surface area (Å²) in [6, 6.07) is 18.5. The van der Waals surface area contributed by atoms with Gasteiger partial charge >= 0.3 is 16.2 Å². The SMILES string of the molecule is COc1ccc(N(C)C(=O)[C@H](Cc2ccccc2)NC(=O)NS(=O)(=O)Nc2ccccc2F)cc1. The van der Waals surface area contributed by atoms with E-state index < -0.39 is 34.0 Å². The van der Waals surface area contributed by atoms with Crippen molar-refractivity contribution in [3.8, 4) is 5.75 Å². The van der Waals surface area contributed by atoms with Crippen molar-refractivity contribution in [3.05, 3.63) is 90.2 Å². The van der Waals surface area contributed by atoms with E-state index in [2.05, 4.69) is 5.32 Å². The number of halogens is 1. The van der Waals surface area contributed by atoms with E-state index in [0.717, 1.165) is 11.6 Å².